The van der Waals surface area contributed by atoms with Gasteiger partial charge in [0.2, 0.25) is 5.91 Å². The van der Waals surface area contributed by atoms with Crippen LogP contribution in [0.25, 0.3) is 0 Å². The third-order valence-corrected chi connectivity index (χ3v) is 3.55. The number of anilines is 1. The number of amides is 1. The second-order valence-electron chi connectivity index (χ2n) is 4.63. The van der Waals surface area contributed by atoms with Crippen molar-refractivity contribution in [1.29, 1.82) is 0 Å². The number of aliphatic hydroxyl groups is 1. The fraction of sp³-hybridized carbons (Fsp3) is 0.462. The van der Waals surface area contributed by atoms with Crippen LogP contribution in [0.4, 0.5) is 10.1 Å². The van der Waals surface area contributed by atoms with E-state index in [1.807, 2.05) is 4.90 Å². The van der Waals surface area contributed by atoms with E-state index in [-0.39, 0.29) is 30.1 Å². The minimum absolute atomic E-state index is 0.0211. The van der Waals surface area contributed by atoms with Crippen LogP contribution in [-0.4, -0.2) is 41.7 Å². The molecular formula is C13H16ClFN2O2. The number of rotatable bonds is 4. The molecule has 0 bridgehead atoms. The summed E-state index contributed by atoms with van der Waals surface area (Å²) >= 11 is 5.64. The molecule has 1 aromatic carbocycles. The highest BCUT2D eigenvalue weighted by Crippen LogP contribution is 2.20. The zero-order chi connectivity index (χ0) is 13.8. The molecule has 0 aliphatic carbocycles. The summed E-state index contributed by atoms with van der Waals surface area (Å²) in [5.41, 5.74) is 0.469. The summed E-state index contributed by atoms with van der Waals surface area (Å²) < 4.78 is 13.0. The predicted molar refractivity (Wildman–Crippen MR) is 71.7 cm³/mol. The van der Waals surface area contributed by atoms with E-state index in [0.717, 1.165) is 19.4 Å². The number of halogens is 2. The maximum Gasteiger partial charge on any atom is 0.238 e. The van der Waals surface area contributed by atoms with Gasteiger partial charge in [-0.1, -0.05) is 11.6 Å². The first-order valence-corrected chi connectivity index (χ1v) is 6.58. The molecule has 0 aromatic heterocycles. The lowest BCUT2D eigenvalue weighted by Crippen LogP contribution is -2.38. The van der Waals surface area contributed by atoms with Crippen molar-refractivity contribution in [3.05, 3.63) is 29.0 Å². The largest absolute Gasteiger partial charge is 0.395 e. The van der Waals surface area contributed by atoms with Gasteiger partial charge >= 0.3 is 0 Å². The Hall–Kier alpha value is -1.17. The van der Waals surface area contributed by atoms with Gasteiger partial charge in [0.25, 0.3) is 0 Å². The molecule has 1 fully saturated rings. The predicted octanol–water partition coefficient (Wildman–Crippen LogP) is 1.87. The van der Waals surface area contributed by atoms with Gasteiger partial charge in [-0.05, 0) is 37.6 Å². The molecule has 1 atom stereocenters. The van der Waals surface area contributed by atoms with Gasteiger partial charge in [0, 0.05) is 11.7 Å². The maximum atomic E-state index is 13.0. The molecule has 2 N–H and O–H groups in total. The Labute approximate surface area is 116 Å². The van der Waals surface area contributed by atoms with Gasteiger partial charge in [-0.15, -0.1) is 0 Å². The van der Waals surface area contributed by atoms with Crippen LogP contribution in [-0.2, 0) is 4.79 Å². The summed E-state index contributed by atoms with van der Waals surface area (Å²) in [6.45, 7) is 1.10. The lowest BCUT2D eigenvalue weighted by molar-refractivity contribution is -0.117. The van der Waals surface area contributed by atoms with Gasteiger partial charge in [-0.25, -0.2) is 4.39 Å². The Morgan fingerprint density at radius 2 is 2.37 bits per heavy atom. The van der Waals surface area contributed by atoms with Crippen molar-refractivity contribution in [3.63, 3.8) is 0 Å². The molecule has 1 unspecified atom stereocenters. The molecule has 1 amide bonds. The van der Waals surface area contributed by atoms with Crippen molar-refractivity contribution in [3.8, 4) is 0 Å². The molecule has 19 heavy (non-hydrogen) atoms. The summed E-state index contributed by atoms with van der Waals surface area (Å²) in [6.07, 6.45) is 1.90. The van der Waals surface area contributed by atoms with E-state index < -0.39 is 5.82 Å². The van der Waals surface area contributed by atoms with Crippen LogP contribution in [0.3, 0.4) is 0 Å². The van der Waals surface area contributed by atoms with E-state index in [1.54, 1.807) is 0 Å². The second kappa shape index (κ2) is 6.32. The third kappa shape index (κ3) is 3.65. The van der Waals surface area contributed by atoms with Crippen molar-refractivity contribution < 1.29 is 14.3 Å². The first-order valence-electron chi connectivity index (χ1n) is 6.20. The second-order valence-corrected chi connectivity index (χ2v) is 5.03. The lowest BCUT2D eigenvalue weighted by atomic mass is 10.2. The average Bonchev–Trinajstić information content (AvgIpc) is 2.81. The van der Waals surface area contributed by atoms with Crippen molar-refractivity contribution in [2.75, 3.05) is 25.0 Å². The molecule has 0 spiro atoms. The van der Waals surface area contributed by atoms with E-state index in [2.05, 4.69) is 5.32 Å². The Bertz CT molecular complexity index is 470. The first kappa shape index (κ1) is 14.2. The number of hydrogen-bond donors (Lipinski definition) is 2. The molecule has 4 nitrogen and oxygen atoms in total. The minimum Gasteiger partial charge on any atom is -0.395 e. The normalized spacial score (nSPS) is 19.6. The summed E-state index contributed by atoms with van der Waals surface area (Å²) in [7, 11) is 0. The Morgan fingerprint density at radius 1 is 1.58 bits per heavy atom. The van der Waals surface area contributed by atoms with E-state index >= 15 is 0 Å². The van der Waals surface area contributed by atoms with Crippen molar-refractivity contribution >= 4 is 23.2 Å². The van der Waals surface area contributed by atoms with Crippen LogP contribution in [0.2, 0.25) is 5.02 Å². The van der Waals surface area contributed by atoms with Gasteiger partial charge < -0.3 is 10.4 Å². The van der Waals surface area contributed by atoms with Crippen molar-refractivity contribution in [2.45, 2.75) is 18.9 Å². The average molecular weight is 287 g/mol. The quantitative estimate of drug-likeness (QED) is 0.888. The van der Waals surface area contributed by atoms with Gasteiger partial charge in [0.1, 0.15) is 5.82 Å². The van der Waals surface area contributed by atoms with Crippen LogP contribution < -0.4 is 5.32 Å². The minimum atomic E-state index is -0.514. The molecule has 1 saturated heterocycles. The van der Waals surface area contributed by atoms with Crippen molar-refractivity contribution in [2.24, 2.45) is 0 Å². The molecule has 104 valence electrons. The number of benzene rings is 1. The lowest BCUT2D eigenvalue weighted by Gasteiger charge is -2.21. The van der Waals surface area contributed by atoms with E-state index in [9.17, 15) is 14.3 Å². The monoisotopic (exact) mass is 286 g/mol. The fourth-order valence-electron chi connectivity index (χ4n) is 2.27. The molecule has 1 aromatic rings. The summed E-state index contributed by atoms with van der Waals surface area (Å²) in [4.78, 5) is 13.8. The van der Waals surface area contributed by atoms with Gasteiger partial charge in [-0.2, -0.15) is 0 Å². The third-order valence-electron chi connectivity index (χ3n) is 3.26. The van der Waals surface area contributed by atoms with Crippen molar-refractivity contribution in [1.82, 2.24) is 4.90 Å². The number of aliphatic hydroxyl groups excluding tert-OH is 1. The van der Waals surface area contributed by atoms with Crippen LogP contribution >= 0.6 is 11.6 Å². The molecule has 0 saturated carbocycles. The Morgan fingerprint density at radius 3 is 3.05 bits per heavy atom. The standard InChI is InChI=1S/C13H16ClFN2O2/c14-11-6-9(3-4-12(11)15)16-13(19)7-17-5-1-2-10(17)8-18/h3-4,6,10,18H,1-2,5,7-8H2,(H,16,19). The number of hydrogen-bond acceptors (Lipinski definition) is 3. The number of carbonyl (C=O) groups is 1. The van der Waals surface area contributed by atoms with E-state index in [0.29, 0.717) is 5.69 Å². The number of likely N-dealkylation sites (tertiary alicyclic amines) is 1. The van der Waals surface area contributed by atoms with Gasteiger partial charge in [0.15, 0.2) is 0 Å². The molecule has 6 heteroatoms. The number of carbonyl (C=O) groups excluding carboxylic acids is 1. The summed E-state index contributed by atoms with van der Waals surface area (Å²) in [5.74, 6) is -0.706. The SMILES string of the molecule is O=C(CN1CCCC1CO)Nc1ccc(F)c(Cl)c1. The van der Waals surface area contributed by atoms with Crippen LogP contribution in [0, 0.1) is 5.82 Å². The van der Waals surface area contributed by atoms with E-state index in [4.69, 9.17) is 11.6 Å². The molecule has 1 heterocycles. The fourth-order valence-corrected chi connectivity index (χ4v) is 2.45. The summed E-state index contributed by atoms with van der Waals surface area (Å²) in [5, 5.41) is 11.8. The zero-order valence-corrected chi connectivity index (χ0v) is 11.2. The zero-order valence-electron chi connectivity index (χ0n) is 10.4. The van der Waals surface area contributed by atoms with Gasteiger partial charge in [0.05, 0.1) is 18.2 Å². The molecule has 0 radical (unpaired) electrons. The summed E-state index contributed by atoms with van der Waals surface area (Å²) in [6, 6.07) is 4.11. The molecule has 1 aliphatic heterocycles. The highest BCUT2D eigenvalue weighted by molar-refractivity contribution is 6.31. The number of nitrogens with one attached hydrogen (secondary N) is 1. The molecular weight excluding hydrogens is 271 g/mol. The Balaban J connectivity index is 1.92. The highest BCUT2D eigenvalue weighted by atomic mass is 35.5. The molecule has 2 rings (SSSR count). The number of nitrogens with zero attached hydrogens (tertiary/aromatic N) is 1. The van der Waals surface area contributed by atoms with Crippen LogP contribution in [0.5, 0.6) is 0 Å². The first-order chi connectivity index (χ1) is 9.10. The smallest absolute Gasteiger partial charge is 0.238 e. The van der Waals surface area contributed by atoms with Crippen LogP contribution in [0.1, 0.15) is 12.8 Å². The molecule has 1 aliphatic rings. The maximum absolute atomic E-state index is 13.0. The van der Waals surface area contributed by atoms with Crippen LogP contribution in [0.15, 0.2) is 18.2 Å². The topological polar surface area (TPSA) is 52.6 Å². The van der Waals surface area contributed by atoms with E-state index in [1.165, 1.54) is 18.2 Å². The highest BCUT2D eigenvalue weighted by Gasteiger charge is 2.25. The Kier molecular flexibility index (Phi) is 4.74. The van der Waals surface area contributed by atoms with Gasteiger partial charge in [-0.3, -0.25) is 9.69 Å².